The van der Waals surface area contributed by atoms with Gasteiger partial charge >= 0.3 is 0 Å². The minimum absolute atomic E-state index is 0.181. The van der Waals surface area contributed by atoms with Gasteiger partial charge in [-0.1, -0.05) is 0 Å². The molecule has 0 aliphatic carbocycles. The maximum atomic E-state index is 4.87. The standard InChI is InChI=1S/C6H12O3/c1-7-4-6(9-3)5-8-2/h4-6H,1-3H3. The third-order valence-electron chi connectivity index (χ3n) is 0.813. The molecule has 0 heterocycles. The molecular formula is C6H12O3. The summed E-state index contributed by atoms with van der Waals surface area (Å²) in [5, 5.41) is 0. The van der Waals surface area contributed by atoms with Gasteiger partial charge in [-0.3, -0.25) is 0 Å². The average molecular weight is 132 g/mol. The van der Waals surface area contributed by atoms with E-state index in [1.807, 2.05) is 0 Å². The summed E-state index contributed by atoms with van der Waals surface area (Å²) in [7, 11) is 4.71. The number of hydrogen-bond donors (Lipinski definition) is 0. The van der Waals surface area contributed by atoms with Crippen molar-refractivity contribution in [2.45, 2.75) is 6.10 Å². The van der Waals surface area contributed by atoms with E-state index in [4.69, 9.17) is 4.74 Å². The van der Waals surface area contributed by atoms with Gasteiger partial charge in [0.25, 0.3) is 0 Å². The van der Waals surface area contributed by atoms with E-state index in [0.717, 1.165) is 0 Å². The van der Waals surface area contributed by atoms with Crippen LogP contribution in [0, 0.1) is 13.2 Å². The fourth-order valence-electron chi connectivity index (χ4n) is 0.411. The summed E-state index contributed by atoms with van der Waals surface area (Å²) in [5.41, 5.74) is 0. The Bertz CT molecular complexity index is 50.3. The molecule has 0 aliphatic rings. The first kappa shape index (κ1) is 8.88. The van der Waals surface area contributed by atoms with Gasteiger partial charge in [-0.2, -0.15) is 0 Å². The largest absolute Gasteiger partial charge is 0.376 e. The van der Waals surface area contributed by atoms with Crippen molar-refractivity contribution in [1.82, 2.24) is 0 Å². The molecule has 0 bridgehead atoms. The van der Waals surface area contributed by atoms with Gasteiger partial charge in [-0.05, 0) is 0 Å². The van der Waals surface area contributed by atoms with Crippen LogP contribution in [0.15, 0.2) is 0 Å². The monoisotopic (exact) mass is 132 g/mol. The summed E-state index contributed by atoms with van der Waals surface area (Å²) in [4.78, 5) is 0. The molecule has 0 fully saturated rings. The Morgan fingerprint density at radius 3 is 1.67 bits per heavy atom. The topological polar surface area (TPSA) is 27.7 Å². The van der Waals surface area contributed by atoms with Gasteiger partial charge in [0.2, 0.25) is 0 Å². The number of rotatable bonds is 5. The molecule has 3 nitrogen and oxygen atoms in total. The van der Waals surface area contributed by atoms with Gasteiger partial charge in [0.15, 0.2) is 0 Å². The van der Waals surface area contributed by atoms with Gasteiger partial charge in [0.1, 0.15) is 19.3 Å². The molecule has 0 aromatic heterocycles. The lowest BCUT2D eigenvalue weighted by molar-refractivity contribution is 0.0496. The smallest absolute Gasteiger partial charge is 0.115 e. The molecule has 9 heavy (non-hydrogen) atoms. The highest BCUT2D eigenvalue weighted by molar-refractivity contribution is 4.74. The maximum Gasteiger partial charge on any atom is 0.115 e. The van der Waals surface area contributed by atoms with Gasteiger partial charge in [-0.25, -0.2) is 0 Å². The minimum Gasteiger partial charge on any atom is -0.376 e. The van der Waals surface area contributed by atoms with Crippen molar-refractivity contribution in [1.29, 1.82) is 0 Å². The lowest BCUT2D eigenvalue weighted by atomic mass is 10.4. The van der Waals surface area contributed by atoms with Gasteiger partial charge in [0, 0.05) is 21.3 Å². The van der Waals surface area contributed by atoms with Crippen LogP contribution in [0.25, 0.3) is 0 Å². The first-order chi connectivity index (χ1) is 4.35. The van der Waals surface area contributed by atoms with Crippen molar-refractivity contribution in [3.8, 4) is 0 Å². The van der Waals surface area contributed by atoms with E-state index in [2.05, 4.69) is 9.47 Å². The Morgan fingerprint density at radius 1 is 1.00 bits per heavy atom. The predicted octanol–water partition coefficient (Wildman–Crippen LogP) is 0.618. The van der Waals surface area contributed by atoms with E-state index in [1.165, 1.54) is 13.2 Å². The summed E-state index contributed by atoms with van der Waals surface area (Å²) in [6, 6.07) is 0. The van der Waals surface area contributed by atoms with Crippen molar-refractivity contribution < 1.29 is 14.2 Å². The lowest BCUT2D eigenvalue weighted by Crippen LogP contribution is -2.13. The van der Waals surface area contributed by atoms with Crippen LogP contribution in [-0.4, -0.2) is 27.4 Å². The highest BCUT2D eigenvalue weighted by Gasteiger charge is 2.05. The fraction of sp³-hybridized carbons (Fsp3) is 0.667. The van der Waals surface area contributed by atoms with E-state index in [-0.39, 0.29) is 6.10 Å². The van der Waals surface area contributed by atoms with Crippen LogP contribution in [-0.2, 0) is 14.2 Å². The lowest BCUT2D eigenvalue weighted by Gasteiger charge is -2.10. The molecule has 0 spiro atoms. The molecule has 0 N–H and O–H groups in total. The first-order valence-corrected chi connectivity index (χ1v) is 2.60. The van der Waals surface area contributed by atoms with E-state index < -0.39 is 0 Å². The highest BCUT2D eigenvalue weighted by atomic mass is 16.5. The van der Waals surface area contributed by atoms with Crippen LogP contribution in [0.3, 0.4) is 0 Å². The van der Waals surface area contributed by atoms with Crippen LogP contribution in [0.1, 0.15) is 0 Å². The quantitative estimate of drug-likeness (QED) is 0.548. The van der Waals surface area contributed by atoms with Crippen LogP contribution in [0.5, 0.6) is 0 Å². The third kappa shape index (κ3) is 4.39. The Kier molecular flexibility index (Phi) is 5.93. The molecule has 0 amide bonds. The van der Waals surface area contributed by atoms with Crippen LogP contribution in [0.4, 0.5) is 0 Å². The molecule has 0 aliphatic heterocycles. The number of hydrogen-bond acceptors (Lipinski definition) is 3. The van der Waals surface area contributed by atoms with E-state index >= 15 is 0 Å². The second-order valence-electron chi connectivity index (χ2n) is 1.44. The molecule has 0 saturated heterocycles. The van der Waals surface area contributed by atoms with Gasteiger partial charge < -0.3 is 14.2 Å². The summed E-state index contributed by atoms with van der Waals surface area (Å²) in [6.45, 7) is 3.06. The zero-order valence-corrected chi connectivity index (χ0v) is 5.96. The summed E-state index contributed by atoms with van der Waals surface area (Å²) >= 11 is 0. The van der Waals surface area contributed by atoms with E-state index in [9.17, 15) is 0 Å². The molecule has 0 rings (SSSR count). The van der Waals surface area contributed by atoms with Crippen LogP contribution in [0.2, 0.25) is 0 Å². The van der Waals surface area contributed by atoms with Crippen molar-refractivity contribution in [2.24, 2.45) is 0 Å². The summed E-state index contributed by atoms with van der Waals surface area (Å²) in [5.74, 6) is 0. The number of methoxy groups -OCH3 is 3. The van der Waals surface area contributed by atoms with E-state index in [0.29, 0.717) is 0 Å². The molecule has 0 unspecified atom stereocenters. The molecule has 2 radical (unpaired) electrons. The fourth-order valence-corrected chi connectivity index (χ4v) is 0.411. The van der Waals surface area contributed by atoms with Crippen molar-refractivity contribution in [2.75, 3.05) is 21.3 Å². The SMILES string of the molecule is CO[CH]C([CH]OC)OC. The molecular weight excluding hydrogens is 120 g/mol. The normalized spacial score (nSPS) is 10.7. The van der Waals surface area contributed by atoms with Crippen molar-refractivity contribution >= 4 is 0 Å². The molecule has 3 heteroatoms. The average Bonchev–Trinajstić information content (AvgIpc) is 1.88. The highest BCUT2D eigenvalue weighted by Crippen LogP contribution is 1.99. The second-order valence-corrected chi connectivity index (χ2v) is 1.44. The summed E-state index contributed by atoms with van der Waals surface area (Å²) < 4.78 is 14.2. The second kappa shape index (κ2) is 6.01. The van der Waals surface area contributed by atoms with Gasteiger partial charge in [-0.15, -0.1) is 0 Å². The predicted molar refractivity (Wildman–Crippen MR) is 33.4 cm³/mol. The third-order valence-corrected chi connectivity index (χ3v) is 0.813. The Balaban J connectivity index is 3.18. The Labute approximate surface area is 55.9 Å². The zero-order chi connectivity index (χ0) is 7.11. The zero-order valence-electron chi connectivity index (χ0n) is 5.96. The molecule has 54 valence electrons. The maximum absolute atomic E-state index is 4.87. The van der Waals surface area contributed by atoms with Crippen molar-refractivity contribution in [3.05, 3.63) is 13.2 Å². The first-order valence-electron chi connectivity index (χ1n) is 2.60. The van der Waals surface area contributed by atoms with Crippen molar-refractivity contribution in [3.63, 3.8) is 0 Å². The van der Waals surface area contributed by atoms with Crippen LogP contribution < -0.4 is 0 Å². The number of ether oxygens (including phenoxy) is 3. The van der Waals surface area contributed by atoms with E-state index in [1.54, 1.807) is 21.3 Å². The Morgan fingerprint density at radius 2 is 1.44 bits per heavy atom. The molecule has 0 saturated carbocycles. The summed E-state index contributed by atoms with van der Waals surface area (Å²) in [6.07, 6.45) is -0.181. The van der Waals surface area contributed by atoms with Crippen LogP contribution >= 0.6 is 0 Å². The minimum atomic E-state index is -0.181. The molecule has 0 aromatic rings. The van der Waals surface area contributed by atoms with Gasteiger partial charge in [0.05, 0.1) is 0 Å². The molecule has 0 atom stereocenters. The molecule has 0 aromatic carbocycles. The Hall–Kier alpha value is -0.120.